The molecule has 4 heteroatoms. The van der Waals surface area contributed by atoms with Gasteiger partial charge in [0, 0.05) is 18.4 Å². The van der Waals surface area contributed by atoms with Gasteiger partial charge in [0.25, 0.3) is 0 Å². The molecule has 0 saturated carbocycles. The van der Waals surface area contributed by atoms with E-state index < -0.39 is 0 Å². The van der Waals surface area contributed by atoms with Crippen LogP contribution in [0.15, 0.2) is 42.7 Å². The fourth-order valence-electron chi connectivity index (χ4n) is 2.03. The lowest BCUT2D eigenvalue weighted by Crippen LogP contribution is -2.18. The SMILES string of the molecule is CNC(Cc1ccncc1)c1ccc(Cl)c(OC)c1. The van der Waals surface area contributed by atoms with Gasteiger partial charge in [-0.1, -0.05) is 17.7 Å². The smallest absolute Gasteiger partial charge is 0.137 e. The summed E-state index contributed by atoms with van der Waals surface area (Å²) < 4.78 is 5.26. The molecule has 0 aliphatic heterocycles. The molecule has 1 unspecified atom stereocenters. The fourth-order valence-corrected chi connectivity index (χ4v) is 2.23. The van der Waals surface area contributed by atoms with E-state index in [9.17, 15) is 0 Å². The number of benzene rings is 1. The molecule has 0 aliphatic carbocycles. The van der Waals surface area contributed by atoms with Crippen LogP contribution < -0.4 is 10.1 Å². The molecule has 0 radical (unpaired) electrons. The molecule has 3 nitrogen and oxygen atoms in total. The number of ether oxygens (including phenoxy) is 1. The van der Waals surface area contributed by atoms with Crippen LogP contribution >= 0.6 is 11.6 Å². The van der Waals surface area contributed by atoms with Crippen molar-refractivity contribution in [1.82, 2.24) is 10.3 Å². The van der Waals surface area contributed by atoms with E-state index in [0.29, 0.717) is 10.8 Å². The molecule has 100 valence electrons. The molecule has 1 aromatic heterocycles. The Morgan fingerprint density at radius 1 is 1.26 bits per heavy atom. The van der Waals surface area contributed by atoms with Crippen LogP contribution in [0.3, 0.4) is 0 Å². The maximum atomic E-state index is 6.05. The first-order valence-electron chi connectivity index (χ1n) is 6.14. The van der Waals surface area contributed by atoms with E-state index in [1.165, 1.54) is 5.56 Å². The van der Waals surface area contributed by atoms with Gasteiger partial charge in [-0.3, -0.25) is 4.98 Å². The summed E-state index contributed by atoms with van der Waals surface area (Å²) in [5.74, 6) is 0.703. The standard InChI is InChI=1S/C15H17ClN2O/c1-17-14(9-11-5-7-18-8-6-11)12-3-4-13(16)15(10-12)19-2/h3-8,10,14,17H,9H2,1-2H3. The van der Waals surface area contributed by atoms with Crippen LogP contribution in [-0.2, 0) is 6.42 Å². The van der Waals surface area contributed by atoms with Crippen molar-refractivity contribution in [3.8, 4) is 5.75 Å². The average molecular weight is 277 g/mol. The van der Waals surface area contributed by atoms with Crippen molar-refractivity contribution in [2.24, 2.45) is 0 Å². The zero-order valence-electron chi connectivity index (χ0n) is 11.1. The summed E-state index contributed by atoms with van der Waals surface area (Å²) in [7, 11) is 3.58. The largest absolute Gasteiger partial charge is 0.495 e. The van der Waals surface area contributed by atoms with E-state index in [0.717, 1.165) is 12.0 Å². The molecule has 0 aliphatic rings. The maximum Gasteiger partial charge on any atom is 0.137 e. The topological polar surface area (TPSA) is 34.2 Å². The lowest BCUT2D eigenvalue weighted by atomic mass is 9.99. The first-order chi connectivity index (χ1) is 9.24. The zero-order chi connectivity index (χ0) is 13.7. The number of likely N-dealkylation sites (N-methyl/N-ethyl adjacent to an activating group) is 1. The van der Waals surface area contributed by atoms with Crippen LogP contribution in [-0.4, -0.2) is 19.1 Å². The van der Waals surface area contributed by atoms with E-state index in [1.54, 1.807) is 7.11 Å². The van der Waals surface area contributed by atoms with Gasteiger partial charge in [-0.25, -0.2) is 0 Å². The molecular weight excluding hydrogens is 260 g/mol. The quantitative estimate of drug-likeness (QED) is 0.910. The van der Waals surface area contributed by atoms with Gasteiger partial charge in [-0.05, 0) is 48.9 Å². The molecule has 0 saturated heterocycles. The monoisotopic (exact) mass is 276 g/mol. The van der Waals surface area contributed by atoms with Crippen molar-refractivity contribution in [3.63, 3.8) is 0 Å². The van der Waals surface area contributed by atoms with Crippen molar-refractivity contribution >= 4 is 11.6 Å². The second-order valence-corrected chi connectivity index (χ2v) is 4.70. The highest BCUT2D eigenvalue weighted by Gasteiger charge is 2.12. The van der Waals surface area contributed by atoms with Gasteiger partial charge in [0.1, 0.15) is 5.75 Å². The molecule has 0 bridgehead atoms. The minimum Gasteiger partial charge on any atom is -0.495 e. The maximum absolute atomic E-state index is 6.05. The summed E-state index contributed by atoms with van der Waals surface area (Å²) in [5.41, 5.74) is 2.39. The number of nitrogens with one attached hydrogen (secondary N) is 1. The summed E-state index contributed by atoms with van der Waals surface area (Å²) in [6, 6.07) is 10.1. The Morgan fingerprint density at radius 2 is 2.00 bits per heavy atom. The van der Waals surface area contributed by atoms with Crippen molar-refractivity contribution < 1.29 is 4.74 Å². The van der Waals surface area contributed by atoms with Crippen molar-refractivity contribution in [3.05, 3.63) is 58.9 Å². The number of hydrogen-bond donors (Lipinski definition) is 1. The highest BCUT2D eigenvalue weighted by molar-refractivity contribution is 6.32. The molecule has 1 aromatic carbocycles. The molecular formula is C15H17ClN2O. The lowest BCUT2D eigenvalue weighted by molar-refractivity contribution is 0.413. The van der Waals surface area contributed by atoms with Crippen LogP contribution in [0.5, 0.6) is 5.75 Å². The minimum absolute atomic E-state index is 0.216. The Balaban J connectivity index is 2.22. The molecule has 2 rings (SSSR count). The number of hydrogen-bond acceptors (Lipinski definition) is 3. The van der Waals surface area contributed by atoms with E-state index in [2.05, 4.69) is 10.3 Å². The Labute approximate surface area is 118 Å². The van der Waals surface area contributed by atoms with Gasteiger partial charge in [0.05, 0.1) is 12.1 Å². The molecule has 0 fully saturated rings. The summed E-state index contributed by atoms with van der Waals surface area (Å²) in [6.07, 6.45) is 4.51. The number of pyridine rings is 1. The van der Waals surface area contributed by atoms with Gasteiger partial charge < -0.3 is 10.1 Å². The Bertz CT molecular complexity index is 531. The van der Waals surface area contributed by atoms with E-state index in [-0.39, 0.29) is 6.04 Å². The second kappa shape index (κ2) is 6.55. The fraction of sp³-hybridized carbons (Fsp3) is 0.267. The zero-order valence-corrected chi connectivity index (χ0v) is 11.8. The van der Waals surface area contributed by atoms with Gasteiger partial charge in [-0.2, -0.15) is 0 Å². The second-order valence-electron chi connectivity index (χ2n) is 4.29. The lowest BCUT2D eigenvalue weighted by Gasteiger charge is -2.18. The van der Waals surface area contributed by atoms with E-state index in [4.69, 9.17) is 16.3 Å². The van der Waals surface area contributed by atoms with E-state index >= 15 is 0 Å². The van der Waals surface area contributed by atoms with E-state index in [1.807, 2.05) is 49.8 Å². The number of methoxy groups -OCH3 is 1. The normalized spacial score (nSPS) is 12.2. The van der Waals surface area contributed by atoms with Crippen molar-refractivity contribution in [1.29, 1.82) is 0 Å². The van der Waals surface area contributed by atoms with Crippen LogP contribution in [0.25, 0.3) is 0 Å². The first kappa shape index (κ1) is 13.8. The molecule has 0 spiro atoms. The predicted octanol–water partition coefficient (Wildman–Crippen LogP) is 3.25. The molecule has 2 aromatic rings. The number of nitrogens with zero attached hydrogens (tertiary/aromatic N) is 1. The highest BCUT2D eigenvalue weighted by atomic mass is 35.5. The average Bonchev–Trinajstić information content (AvgIpc) is 2.46. The summed E-state index contributed by atoms with van der Waals surface area (Å²) >= 11 is 6.05. The van der Waals surface area contributed by atoms with Crippen LogP contribution in [0.2, 0.25) is 5.02 Å². The predicted molar refractivity (Wildman–Crippen MR) is 77.7 cm³/mol. The first-order valence-corrected chi connectivity index (χ1v) is 6.52. The Morgan fingerprint density at radius 3 is 2.63 bits per heavy atom. The molecule has 19 heavy (non-hydrogen) atoms. The summed E-state index contributed by atoms with van der Waals surface area (Å²) in [5, 5.41) is 3.95. The van der Waals surface area contributed by atoms with Gasteiger partial charge in [0.15, 0.2) is 0 Å². The van der Waals surface area contributed by atoms with Crippen LogP contribution in [0, 0.1) is 0 Å². The minimum atomic E-state index is 0.216. The molecule has 1 N–H and O–H groups in total. The van der Waals surface area contributed by atoms with Crippen molar-refractivity contribution in [2.75, 3.05) is 14.2 Å². The van der Waals surface area contributed by atoms with Crippen molar-refractivity contribution in [2.45, 2.75) is 12.5 Å². The van der Waals surface area contributed by atoms with Gasteiger partial charge >= 0.3 is 0 Å². The summed E-state index contributed by atoms with van der Waals surface area (Å²) in [4.78, 5) is 4.03. The summed E-state index contributed by atoms with van der Waals surface area (Å²) in [6.45, 7) is 0. The molecule has 0 amide bonds. The number of aromatic nitrogens is 1. The van der Waals surface area contributed by atoms with Gasteiger partial charge in [0.2, 0.25) is 0 Å². The third-order valence-corrected chi connectivity index (χ3v) is 3.43. The van der Waals surface area contributed by atoms with Crippen LogP contribution in [0.1, 0.15) is 17.2 Å². The number of rotatable bonds is 5. The highest BCUT2D eigenvalue weighted by Crippen LogP contribution is 2.28. The number of halogens is 1. The Hall–Kier alpha value is -1.58. The van der Waals surface area contributed by atoms with Crippen LogP contribution in [0.4, 0.5) is 0 Å². The molecule has 1 heterocycles. The molecule has 1 atom stereocenters. The third-order valence-electron chi connectivity index (χ3n) is 3.12. The van der Waals surface area contributed by atoms with Gasteiger partial charge in [-0.15, -0.1) is 0 Å². The third kappa shape index (κ3) is 3.46. The Kier molecular flexibility index (Phi) is 4.77.